The van der Waals surface area contributed by atoms with Gasteiger partial charge < -0.3 is 18.9 Å². The zero-order chi connectivity index (χ0) is 20.6. The Kier molecular flexibility index (Phi) is 5.23. The smallest absolute Gasteiger partial charge is 0.260 e. The molecule has 1 aromatic carbocycles. The van der Waals surface area contributed by atoms with Gasteiger partial charge in [0.1, 0.15) is 17.9 Å². The third-order valence-electron chi connectivity index (χ3n) is 6.95. The van der Waals surface area contributed by atoms with E-state index >= 15 is 0 Å². The van der Waals surface area contributed by atoms with Gasteiger partial charge in [0.2, 0.25) is 0 Å². The van der Waals surface area contributed by atoms with Crippen LogP contribution in [0.5, 0.6) is 5.75 Å². The second-order valence-corrected chi connectivity index (χ2v) is 9.19. The second kappa shape index (κ2) is 8.02. The highest BCUT2D eigenvalue weighted by molar-refractivity contribution is 5.78. The fraction of sp³-hybridized carbons (Fsp3) is 0.609. The lowest BCUT2D eigenvalue weighted by atomic mass is 9.71. The first-order valence-corrected chi connectivity index (χ1v) is 11.1. The molecule has 1 aromatic heterocycles. The van der Waals surface area contributed by atoms with Crippen LogP contribution in [0, 0.1) is 18.3 Å². The van der Waals surface area contributed by atoms with Crippen molar-refractivity contribution in [3.8, 4) is 5.75 Å². The van der Waals surface area contributed by atoms with E-state index in [9.17, 15) is 4.79 Å². The molecule has 5 rings (SSSR count). The average molecular weight is 411 g/mol. The van der Waals surface area contributed by atoms with Gasteiger partial charge in [-0.1, -0.05) is 12.1 Å². The summed E-state index contributed by atoms with van der Waals surface area (Å²) < 4.78 is 13.7. The van der Waals surface area contributed by atoms with Gasteiger partial charge in [0.15, 0.2) is 6.61 Å². The Morgan fingerprint density at radius 3 is 2.90 bits per heavy atom. The van der Waals surface area contributed by atoms with Crippen LogP contribution in [0.2, 0.25) is 0 Å². The Morgan fingerprint density at radius 1 is 1.30 bits per heavy atom. The summed E-state index contributed by atoms with van der Waals surface area (Å²) in [5, 5.41) is 8.76. The van der Waals surface area contributed by atoms with E-state index in [1.807, 2.05) is 42.4 Å². The SMILES string of the molecule is Cc1cccc(OCC(=O)N2CC(c3nncn3CC3CC3)C3(CCOCC3)C2)c1. The monoisotopic (exact) mass is 410 g/mol. The van der Waals surface area contributed by atoms with Crippen LogP contribution in [-0.2, 0) is 16.1 Å². The van der Waals surface area contributed by atoms with E-state index in [1.165, 1.54) is 12.8 Å². The van der Waals surface area contributed by atoms with Gasteiger partial charge in [-0.05, 0) is 56.2 Å². The molecule has 2 aliphatic heterocycles. The van der Waals surface area contributed by atoms with E-state index in [1.54, 1.807) is 0 Å². The number of rotatable bonds is 6. The highest BCUT2D eigenvalue weighted by Crippen LogP contribution is 2.49. The molecule has 3 heterocycles. The molecule has 1 amide bonds. The lowest BCUT2D eigenvalue weighted by Gasteiger charge is -2.37. The Balaban J connectivity index is 1.32. The lowest BCUT2D eigenvalue weighted by molar-refractivity contribution is -0.133. The lowest BCUT2D eigenvalue weighted by Crippen LogP contribution is -2.38. The standard InChI is InChI=1S/C23H30N4O3/c1-17-3-2-4-19(11-17)30-14-21(28)26-13-20(23(15-26)7-9-29-10-8-23)22-25-24-16-27(22)12-18-5-6-18/h2-4,11,16,18,20H,5-10,12-15H2,1H3. The van der Waals surface area contributed by atoms with Gasteiger partial charge in [-0.25, -0.2) is 0 Å². The first-order chi connectivity index (χ1) is 14.6. The molecule has 2 saturated heterocycles. The molecule has 2 aromatic rings. The minimum absolute atomic E-state index is 0.0194. The molecule has 7 heteroatoms. The van der Waals surface area contributed by atoms with E-state index in [0.29, 0.717) is 6.54 Å². The maximum Gasteiger partial charge on any atom is 0.260 e. The van der Waals surface area contributed by atoms with Crippen molar-refractivity contribution in [3.63, 3.8) is 0 Å². The van der Waals surface area contributed by atoms with Gasteiger partial charge in [0.25, 0.3) is 5.91 Å². The van der Waals surface area contributed by atoms with Gasteiger partial charge in [-0.15, -0.1) is 10.2 Å². The minimum atomic E-state index is 0.0194. The number of hydrogen-bond donors (Lipinski definition) is 0. The van der Waals surface area contributed by atoms with Crippen molar-refractivity contribution in [2.45, 2.75) is 45.1 Å². The van der Waals surface area contributed by atoms with Gasteiger partial charge in [0, 0.05) is 44.2 Å². The highest BCUT2D eigenvalue weighted by atomic mass is 16.5. The van der Waals surface area contributed by atoms with E-state index < -0.39 is 0 Å². The molecule has 0 radical (unpaired) electrons. The van der Waals surface area contributed by atoms with Gasteiger partial charge in [-0.3, -0.25) is 4.79 Å². The van der Waals surface area contributed by atoms with Crippen molar-refractivity contribution in [2.24, 2.45) is 11.3 Å². The molecule has 1 saturated carbocycles. The quantitative estimate of drug-likeness (QED) is 0.732. The number of hydrogen-bond acceptors (Lipinski definition) is 5. The highest BCUT2D eigenvalue weighted by Gasteiger charge is 2.51. The molecule has 3 fully saturated rings. The first-order valence-electron chi connectivity index (χ1n) is 11.1. The second-order valence-electron chi connectivity index (χ2n) is 9.19. The number of amides is 1. The van der Waals surface area contributed by atoms with E-state index in [0.717, 1.165) is 62.2 Å². The van der Waals surface area contributed by atoms with Crippen LogP contribution < -0.4 is 4.74 Å². The zero-order valence-electron chi connectivity index (χ0n) is 17.6. The molecule has 0 N–H and O–H groups in total. The summed E-state index contributed by atoms with van der Waals surface area (Å²) >= 11 is 0. The Bertz CT molecular complexity index is 901. The van der Waals surface area contributed by atoms with Crippen LogP contribution in [0.3, 0.4) is 0 Å². The number of aromatic nitrogens is 3. The van der Waals surface area contributed by atoms with Crippen LogP contribution in [0.15, 0.2) is 30.6 Å². The molecule has 3 aliphatic rings. The number of benzene rings is 1. The number of likely N-dealkylation sites (tertiary alicyclic amines) is 1. The molecule has 1 aliphatic carbocycles. The van der Waals surface area contributed by atoms with Gasteiger partial charge in [0.05, 0.1) is 0 Å². The van der Waals surface area contributed by atoms with E-state index in [4.69, 9.17) is 9.47 Å². The molecule has 0 bridgehead atoms. The van der Waals surface area contributed by atoms with Crippen molar-refractivity contribution in [3.05, 3.63) is 42.0 Å². The fourth-order valence-corrected chi connectivity index (χ4v) is 4.99. The summed E-state index contributed by atoms with van der Waals surface area (Å²) in [6.07, 6.45) is 6.36. The first kappa shape index (κ1) is 19.5. The number of nitrogens with zero attached hydrogens (tertiary/aromatic N) is 4. The number of ether oxygens (including phenoxy) is 2. The molecular weight excluding hydrogens is 380 g/mol. The Morgan fingerprint density at radius 2 is 2.13 bits per heavy atom. The topological polar surface area (TPSA) is 69.5 Å². The molecule has 7 nitrogen and oxygen atoms in total. The summed E-state index contributed by atoms with van der Waals surface area (Å²) in [6.45, 7) is 6.00. The normalized spacial score (nSPS) is 23.1. The largest absolute Gasteiger partial charge is 0.484 e. The van der Waals surface area contributed by atoms with Crippen LogP contribution >= 0.6 is 0 Å². The Labute approximate surface area is 177 Å². The van der Waals surface area contributed by atoms with E-state index in [2.05, 4.69) is 14.8 Å². The van der Waals surface area contributed by atoms with Crippen molar-refractivity contribution in [1.29, 1.82) is 0 Å². The summed E-state index contributed by atoms with van der Waals surface area (Å²) in [6, 6.07) is 7.82. The predicted molar refractivity (Wildman–Crippen MR) is 111 cm³/mol. The zero-order valence-corrected chi connectivity index (χ0v) is 17.6. The Hall–Kier alpha value is -2.41. The summed E-state index contributed by atoms with van der Waals surface area (Å²) in [5.74, 6) is 2.78. The average Bonchev–Trinajstić information content (AvgIpc) is 3.34. The summed E-state index contributed by atoms with van der Waals surface area (Å²) in [7, 11) is 0. The van der Waals surface area contributed by atoms with Crippen molar-refractivity contribution in [2.75, 3.05) is 32.9 Å². The van der Waals surface area contributed by atoms with Crippen LogP contribution in [0.25, 0.3) is 0 Å². The number of carbonyl (C=O) groups excluding carboxylic acids is 1. The third-order valence-corrected chi connectivity index (χ3v) is 6.95. The van der Waals surface area contributed by atoms with Gasteiger partial charge in [-0.2, -0.15) is 0 Å². The molecule has 30 heavy (non-hydrogen) atoms. The van der Waals surface area contributed by atoms with Crippen molar-refractivity contribution >= 4 is 5.91 Å². The number of aryl methyl sites for hydroxylation is 1. The summed E-state index contributed by atoms with van der Waals surface area (Å²) in [4.78, 5) is 15.0. The minimum Gasteiger partial charge on any atom is -0.484 e. The number of carbonyl (C=O) groups is 1. The van der Waals surface area contributed by atoms with Gasteiger partial charge >= 0.3 is 0 Å². The molecular formula is C23H30N4O3. The van der Waals surface area contributed by atoms with Crippen LogP contribution in [0.1, 0.15) is 43.0 Å². The fourth-order valence-electron chi connectivity index (χ4n) is 4.99. The maximum atomic E-state index is 13.0. The predicted octanol–water partition coefficient (Wildman–Crippen LogP) is 2.80. The third kappa shape index (κ3) is 3.95. The van der Waals surface area contributed by atoms with Crippen molar-refractivity contribution in [1.82, 2.24) is 19.7 Å². The molecule has 1 unspecified atom stereocenters. The van der Waals surface area contributed by atoms with Crippen LogP contribution in [-0.4, -0.2) is 58.5 Å². The summed E-state index contributed by atoms with van der Waals surface area (Å²) in [5.41, 5.74) is 1.14. The molecule has 1 spiro atoms. The van der Waals surface area contributed by atoms with Crippen molar-refractivity contribution < 1.29 is 14.3 Å². The van der Waals surface area contributed by atoms with E-state index in [-0.39, 0.29) is 23.8 Å². The molecule has 1 atom stereocenters. The maximum absolute atomic E-state index is 13.0. The molecule has 160 valence electrons. The van der Waals surface area contributed by atoms with Crippen LogP contribution in [0.4, 0.5) is 0 Å².